The van der Waals surface area contributed by atoms with E-state index < -0.39 is 10.0 Å². The van der Waals surface area contributed by atoms with Crippen molar-refractivity contribution in [1.82, 2.24) is 14.3 Å². The van der Waals surface area contributed by atoms with Crippen LogP contribution >= 0.6 is 0 Å². The van der Waals surface area contributed by atoms with Gasteiger partial charge in [0.2, 0.25) is 0 Å². The molecule has 2 heterocycles. The molecule has 18 heavy (non-hydrogen) atoms. The molecule has 0 radical (unpaired) electrons. The Labute approximate surface area is 108 Å². The van der Waals surface area contributed by atoms with Gasteiger partial charge in [0, 0.05) is 19.5 Å². The van der Waals surface area contributed by atoms with E-state index in [0.717, 1.165) is 12.8 Å². The molecule has 0 saturated carbocycles. The van der Waals surface area contributed by atoms with E-state index in [9.17, 15) is 8.42 Å². The van der Waals surface area contributed by atoms with E-state index >= 15 is 0 Å². The molecule has 6 nitrogen and oxygen atoms in total. The van der Waals surface area contributed by atoms with E-state index in [0.29, 0.717) is 37.8 Å². The van der Waals surface area contributed by atoms with Gasteiger partial charge in [-0.2, -0.15) is 4.31 Å². The second kappa shape index (κ2) is 5.38. The third kappa shape index (κ3) is 2.57. The zero-order valence-electron chi connectivity index (χ0n) is 10.6. The minimum absolute atomic E-state index is 0.202. The average Bonchev–Trinajstić information content (AvgIpc) is 2.98. The summed E-state index contributed by atoms with van der Waals surface area (Å²) in [7, 11) is -3.40. The summed E-state index contributed by atoms with van der Waals surface area (Å²) in [6, 6.07) is 0. The lowest BCUT2D eigenvalue weighted by molar-refractivity contribution is 0.447. The van der Waals surface area contributed by atoms with E-state index in [1.165, 1.54) is 10.5 Å². The van der Waals surface area contributed by atoms with Gasteiger partial charge in [-0.05, 0) is 25.3 Å². The summed E-state index contributed by atoms with van der Waals surface area (Å²) >= 11 is 0. The van der Waals surface area contributed by atoms with Crippen molar-refractivity contribution >= 4 is 10.0 Å². The van der Waals surface area contributed by atoms with Crippen LogP contribution in [0.5, 0.6) is 0 Å². The fraction of sp³-hybridized carbons (Fsp3) is 0.727. The number of sulfonamides is 1. The van der Waals surface area contributed by atoms with Crippen molar-refractivity contribution in [1.29, 1.82) is 0 Å². The molecule has 1 unspecified atom stereocenters. The second-order valence-electron chi connectivity index (χ2n) is 4.64. The third-order valence-corrected chi connectivity index (χ3v) is 5.16. The molecule has 102 valence electrons. The van der Waals surface area contributed by atoms with Gasteiger partial charge >= 0.3 is 0 Å². The Morgan fingerprint density at radius 1 is 1.61 bits per heavy atom. The monoisotopic (exact) mass is 272 g/mol. The minimum Gasteiger partial charge on any atom is -0.332 e. The van der Waals surface area contributed by atoms with Crippen LogP contribution in [0.15, 0.2) is 11.2 Å². The highest BCUT2D eigenvalue weighted by Gasteiger charge is 2.33. The van der Waals surface area contributed by atoms with Gasteiger partial charge in [-0.1, -0.05) is 6.92 Å². The minimum atomic E-state index is -3.40. The highest BCUT2D eigenvalue weighted by molar-refractivity contribution is 7.89. The summed E-state index contributed by atoms with van der Waals surface area (Å²) in [5, 5.41) is 0.202. The maximum atomic E-state index is 12.3. The van der Waals surface area contributed by atoms with Gasteiger partial charge < -0.3 is 10.7 Å². The predicted molar refractivity (Wildman–Crippen MR) is 68.5 cm³/mol. The lowest BCUT2D eigenvalue weighted by Gasteiger charge is -2.14. The first-order chi connectivity index (χ1) is 8.57. The second-order valence-corrected chi connectivity index (χ2v) is 6.55. The molecule has 7 heteroatoms. The zero-order chi connectivity index (χ0) is 13.2. The molecule has 0 bridgehead atoms. The van der Waals surface area contributed by atoms with Gasteiger partial charge in [-0.15, -0.1) is 0 Å². The smallest absolute Gasteiger partial charge is 0.260 e. The molecule has 0 aromatic carbocycles. The van der Waals surface area contributed by atoms with E-state index in [1.54, 1.807) is 0 Å². The van der Waals surface area contributed by atoms with Gasteiger partial charge in [0.25, 0.3) is 10.0 Å². The van der Waals surface area contributed by atoms with Crippen molar-refractivity contribution in [3.8, 4) is 0 Å². The number of aromatic nitrogens is 2. The number of aryl methyl sites for hydroxylation is 1. The molecule has 0 amide bonds. The Bertz CT molecular complexity index is 497. The molecule has 1 aliphatic rings. The largest absolute Gasteiger partial charge is 0.332 e. The van der Waals surface area contributed by atoms with Crippen LogP contribution in [0.2, 0.25) is 0 Å². The van der Waals surface area contributed by atoms with Crippen molar-refractivity contribution in [2.45, 2.75) is 31.2 Å². The summed E-state index contributed by atoms with van der Waals surface area (Å²) in [4.78, 5) is 6.91. The number of hydrogen-bond acceptors (Lipinski definition) is 4. The van der Waals surface area contributed by atoms with Crippen LogP contribution in [0.25, 0.3) is 0 Å². The molecule has 1 aromatic heterocycles. The average molecular weight is 272 g/mol. The summed E-state index contributed by atoms with van der Waals surface area (Å²) in [6.45, 7) is 3.69. The molecule has 1 aliphatic heterocycles. The standard InChI is InChI=1S/C11H20N4O2S/c1-2-10-13-7-11(14-10)18(16,17)15-6-4-9(8-15)3-5-12/h7,9H,2-6,8,12H2,1H3,(H,13,14). The Morgan fingerprint density at radius 2 is 2.39 bits per heavy atom. The van der Waals surface area contributed by atoms with Crippen molar-refractivity contribution in [2.75, 3.05) is 19.6 Å². The number of nitrogens with zero attached hydrogens (tertiary/aromatic N) is 2. The van der Waals surface area contributed by atoms with Crippen LogP contribution in [0.4, 0.5) is 0 Å². The number of aromatic amines is 1. The van der Waals surface area contributed by atoms with Gasteiger partial charge in [0.05, 0.1) is 6.20 Å². The van der Waals surface area contributed by atoms with Crippen LogP contribution in [-0.2, 0) is 16.4 Å². The quantitative estimate of drug-likeness (QED) is 0.808. The summed E-state index contributed by atoms with van der Waals surface area (Å²) in [5.41, 5.74) is 5.51. The number of imidazole rings is 1. The first-order valence-corrected chi connectivity index (χ1v) is 7.76. The lowest BCUT2D eigenvalue weighted by atomic mass is 10.1. The van der Waals surface area contributed by atoms with Crippen molar-refractivity contribution in [3.05, 3.63) is 12.0 Å². The van der Waals surface area contributed by atoms with Crippen LogP contribution in [0.1, 0.15) is 25.6 Å². The first kappa shape index (κ1) is 13.5. The fourth-order valence-electron chi connectivity index (χ4n) is 2.28. The van der Waals surface area contributed by atoms with E-state index in [1.807, 2.05) is 6.92 Å². The van der Waals surface area contributed by atoms with E-state index in [2.05, 4.69) is 9.97 Å². The Balaban J connectivity index is 2.12. The summed E-state index contributed by atoms with van der Waals surface area (Å²) < 4.78 is 26.2. The highest BCUT2D eigenvalue weighted by Crippen LogP contribution is 2.25. The molecule has 2 rings (SSSR count). The molecule has 0 aliphatic carbocycles. The predicted octanol–water partition coefficient (Wildman–Crippen LogP) is 0.332. The molecule has 1 fully saturated rings. The highest BCUT2D eigenvalue weighted by atomic mass is 32.2. The van der Waals surface area contributed by atoms with E-state index in [4.69, 9.17) is 5.73 Å². The van der Waals surface area contributed by atoms with Crippen molar-refractivity contribution < 1.29 is 8.42 Å². The summed E-state index contributed by atoms with van der Waals surface area (Å²) in [6.07, 6.45) is 3.89. The normalized spacial score (nSPS) is 21.6. The topological polar surface area (TPSA) is 92.1 Å². The number of rotatable bonds is 5. The molecule has 1 aromatic rings. The van der Waals surface area contributed by atoms with Crippen molar-refractivity contribution in [3.63, 3.8) is 0 Å². The molecular formula is C11H20N4O2S. The first-order valence-electron chi connectivity index (χ1n) is 6.32. The third-order valence-electron chi connectivity index (χ3n) is 3.38. The molecule has 1 saturated heterocycles. The Morgan fingerprint density at radius 3 is 3.00 bits per heavy atom. The number of H-pyrrole nitrogens is 1. The van der Waals surface area contributed by atoms with Crippen molar-refractivity contribution in [2.24, 2.45) is 11.7 Å². The van der Waals surface area contributed by atoms with Crippen LogP contribution in [0.3, 0.4) is 0 Å². The number of nitrogens with one attached hydrogen (secondary N) is 1. The summed E-state index contributed by atoms with van der Waals surface area (Å²) in [5.74, 6) is 1.09. The van der Waals surface area contributed by atoms with Gasteiger partial charge in [-0.3, -0.25) is 0 Å². The van der Waals surface area contributed by atoms with E-state index in [-0.39, 0.29) is 5.03 Å². The molecule has 3 N–H and O–H groups in total. The maximum absolute atomic E-state index is 12.3. The van der Waals surface area contributed by atoms with Crippen LogP contribution in [-0.4, -0.2) is 42.3 Å². The van der Waals surface area contributed by atoms with Crippen LogP contribution < -0.4 is 5.73 Å². The molecular weight excluding hydrogens is 252 g/mol. The number of nitrogens with two attached hydrogens (primary N) is 1. The van der Waals surface area contributed by atoms with Gasteiger partial charge in [-0.25, -0.2) is 13.4 Å². The van der Waals surface area contributed by atoms with Crippen LogP contribution in [0, 0.1) is 5.92 Å². The zero-order valence-corrected chi connectivity index (χ0v) is 11.4. The van der Waals surface area contributed by atoms with Gasteiger partial charge in [0.15, 0.2) is 5.03 Å². The number of hydrogen-bond donors (Lipinski definition) is 2. The Hall–Kier alpha value is -0.920. The Kier molecular flexibility index (Phi) is 4.04. The fourth-order valence-corrected chi connectivity index (χ4v) is 3.74. The maximum Gasteiger partial charge on any atom is 0.260 e. The SMILES string of the molecule is CCc1ncc(S(=O)(=O)N2CCC(CCN)C2)[nH]1. The molecule has 0 spiro atoms. The molecule has 1 atom stereocenters. The lowest BCUT2D eigenvalue weighted by Crippen LogP contribution is -2.29. The van der Waals surface area contributed by atoms with Gasteiger partial charge in [0.1, 0.15) is 5.82 Å².